The summed E-state index contributed by atoms with van der Waals surface area (Å²) in [5, 5.41) is 15.2. The number of nitrogens with zero attached hydrogens (tertiary/aromatic N) is 6. The average Bonchev–Trinajstić information content (AvgIpc) is 2.70. The molecule has 7 nitrogen and oxygen atoms in total. The Morgan fingerprint density at radius 3 is 2.80 bits per heavy atom. The number of aromatic nitrogens is 6. The molecule has 0 aliphatic rings. The summed E-state index contributed by atoms with van der Waals surface area (Å²) >= 11 is 0. The summed E-state index contributed by atoms with van der Waals surface area (Å²) in [6.07, 6.45) is 1.46. The standard InChI is InChI=1S/C8H6N6O/c1-5-8(15)14-7(12-10-5)3-2-6-11-9-4-13(6)14/h2-4H,1H3. The summed E-state index contributed by atoms with van der Waals surface area (Å²) in [6.45, 7) is 1.62. The third-order valence-corrected chi connectivity index (χ3v) is 2.17. The van der Waals surface area contributed by atoms with Crippen LogP contribution in [0.4, 0.5) is 0 Å². The molecule has 0 aromatic carbocycles. The Bertz CT molecular complexity index is 712. The minimum absolute atomic E-state index is 0.217. The highest BCUT2D eigenvalue weighted by Gasteiger charge is 2.06. The SMILES string of the molecule is Cc1nnc2ccc3nncn3n2c1=O. The molecular weight excluding hydrogens is 196 g/mol. The zero-order valence-electron chi connectivity index (χ0n) is 7.82. The van der Waals surface area contributed by atoms with Crippen LogP contribution in [0.15, 0.2) is 23.3 Å². The molecule has 0 spiro atoms. The van der Waals surface area contributed by atoms with Crippen molar-refractivity contribution in [2.45, 2.75) is 6.92 Å². The second-order valence-electron chi connectivity index (χ2n) is 3.13. The minimum Gasteiger partial charge on any atom is -0.265 e. The number of fused-ring (bicyclic) bond motifs is 3. The van der Waals surface area contributed by atoms with E-state index in [4.69, 9.17) is 0 Å². The van der Waals surface area contributed by atoms with Crippen LogP contribution >= 0.6 is 0 Å². The molecule has 3 aromatic rings. The van der Waals surface area contributed by atoms with E-state index >= 15 is 0 Å². The Hall–Kier alpha value is -2.31. The molecule has 7 heteroatoms. The quantitative estimate of drug-likeness (QED) is 0.488. The summed E-state index contributed by atoms with van der Waals surface area (Å²) in [7, 11) is 0. The van der Waals surface area contributed by atoms with Crippen molar-refractivity contribution in [2.75, 3.05) is 0 Å². The molecule has 0 unspecified atom stereocenters. The van der Waals surface area contributed by atoms with Gasteiger partial charge in [-0.1, -0.05) is 0 Å². The van der Waals surface area contributed by atoms with Gasteiger partial charge < -0.3 is 0 Å². The third kappa shape index (κ3) is 0.967. The first kappa shape index (κ1) is 8.04. The van der Waals surface area contributed by atoms with Gasteiger partial charge in [-0.2, -0.15) is 4.52 Å². The predicted octanol–water partition coefficient (Wildman–Crippen LogP) is -0.559. The maximum atomic E-state index is 11.8. The first-order chi connectivity index (χ1) is 7.27. The Labute approximate surface area is 83.0 Å². The van der Waals surface area contributed by atoms with Gasteiger partial charge in [0.15, 0.2) is 11.3 Å². The molecule has 0 radical (unpaired) electrons. The normalized spacial score (nSPS) is 11.3. The van der Waals surface area contributed by atoms with Crippen LogP contribution < -0.4 is 5.56 Å². The Balaban J connectivity index is 2.71. The van der Waals surface area contributed by atoms with Crippen molar-refractivity contribution < 1.29 is 0 Å². The van der Waals surface area contributed by atoms with Crippen molar-refractivity contribution >= 4 is 11.3 Å². The second-order valence-corrected chi connectivity index (χ2v) is 3.13. The van der Waals surface area contributed by atoms with Crippen LogP contribution in [0.2, 0.25) is 0 Å². The van der Waals surface area contributed by atoms with Gasteiger partial charge in [0.25, 0.3) is 5.56 Å². The van der Waals surface area contributed by atoms with Gasteiger partial charge in [0.05, 0.1) is 0 Å². The molecule has 3 aromatic heterocycles. The van der Waals surface area contributed by atoms with Gasteiger partial charge in [-0.25, -0.2) is 4.52 Å². The smallest absolute Gasteiger partial charge is 0.265 e. The molecule has 0 aliphatic carbocycles. The second kappa shape index (κ2) is 2.59. The molecule has 0 saturated carbocycles. The van der Waals surface area contributed by atoms with Crippen LogP contribution in [0.25, 0.3) is 11.3 Å². The highest BCUT2D eigenvalue weighted by molar-refractivity contribution is 5.44. The highest BCUT2D eigenvalue weighted by atomic mass is 16.1. The van der Waals surface area contributed by atoms with Gasteiger partial charge in [-0.3, -0.25) is 4.79 Å². The van der Waals surface area contributed by atoms with Gasteiger partial charge in [-0.05, 0) is 19.1 Å². The van der Waals surface area contributed by atoms with Crippen LogP contribution in [0.3, 0.4) is 0 Å². The van der Waals surface area contributed by atoms with Crippen LogP contribution in [0.5, 0.6) is 0 Å². The third-order valence-electron chi connectivity index (χ3n) is 2.17. The fraction of sp³-hybridized carbons (Fsp3) is 0.125. The summed E-state index contributed by atoms with van der Waals surface area (Å²) in [6, 6.07) is 3.41. The molecule has 74 valence electrons. The Morgan fingerprint density at radius 1 is 1.13 bits per heavy atom. The van der Waals surface area contributed by atoms with Gasteiger partial charge in [0.1, 0.15) is 12.0 Å². The lowest BCUT2D eigenvalue weighted by atomic mass is 10.5. The molecule has 0 N–H and O–H groups in total. The fourth-order valence-electron chi connectivity index (χ4n) is 1.43. The zero-order valence-corrected chi connectivity index (χ0v) is 7.82. The van der Waals surface area contributed by atoms with Gasteiger partial charge >= 0.3 is 0 Å². The van der Waals surface area contributed by atoms with E-state index in [1.54, 1.807) is 23.6 Å². The summed E-state index contributed by atoms with van der Waals surface area (Å²) in [5.74, 6) is 0. The average molecular weight is 202 g/mol. The minimum atomic E-state index is -0.217. The molecule has 0 atom stereocenters. The van der Waals surface area contributed by atoms with E-state index in [9.17, 15) is 4.79 Å². The van der Waals surface area contributed by atoms with E-state index in [-0.39, 0.29) is 5.56 Å². The molecule has 3 heterocycles. The molecule has 0 aliphatic heterocycles. The van der Waals surface area contributed by atoms with Crippen molar-refractivity contribution in [3.63, 3.8) is 0 Å². The van der Waals surface area contributed by atoms with Crippen LogP contribution in [-0.2, 0) is 0 Å². The molecular formula is C8H6N6O. The van der Waals surface area contributed by atoms with E-state index < -0.39 is 0 Å². The zero-order chi connectivity index (χ0) is 10.4. The fourth-order valence-corrected chi connectivity index (χ4v) is 1.43. The summed E-state index contributed by atoms with van der Waals surface area (Å²) in [5.41, 5.74) is 1.19. The van der Waals surface area contributed by atoms with Crippen molar-refractivity contribution in [1.29, 1.82) is 0 Å². The molecule has 0 bridgehead atoms. The van der Waals surface area contributed by atoms with Crippen LogP contribution in [0.1, 0.15) is 5.69 Å². The van der Waals surface area contributed by atoms with Crippen LogP contribution in [-0.4, -0.2) is 29.4 Å². The van der Waals surface area contributed by atoms with Crippen molar-refractivity contribution in [1.82, 2.24) is 29.4 Å². The monoisotopic (exact) mass is 202 g/mol. The Kier molecular flexibility index (Phi) is 1.39. The van der Waals surface area contributed by atoms with Crippen molar-refractivity contribution in [3.05, 3.63) is 34.5 Å². The maximum absolute atomic E-state index is 11.8. The van der Waals surface area contributed by atoms with E-state index in [0.29, 0.717) is 17.0 Å². The highest BCUT2D eigenvalue weighted by Crippen LogP contribution is 2.00. The van der Waals surface area contributed by atoms with E-state index in [2.05, 4.69) is 20.4 Å². The number of rotatable bonds is 0. The lowest BCUT2D eigenvalue weighted by Gasteiger charge is -2.01. The molecule has 0 saturated heterocycles. The van der Waals surface area contributed by atoms with Crippen LogP contribution in [0, 0.1) is 6.92 Å². The largest absolute Gasteiger partial charge is 0.294 e. The van der Waals surface area contributed by atoms with E-state index in [1.165, 1.54) is 10.8 Å². The van der Waals surface area contributed by atoms with Gasteiger partial charge in [-0.15, -0.1) is 20.4 Å². The maximum Gasteiger partial charge on any atom is 0.294 e. The molecule has 15 heavy (non-hydrogen) atoms. The van der Waals surface area contributed by atoms with Gasteiger partial charge in [0.2, 0.25) is 0 Å². The predicted molar refractivity (Wildman–Crippen MR) is 50.5 cm³/mol. The first-order valence-corrected chi connectivity index (χ1v) is 4.32. The lowest BCUT2D eigenvalue weighted by Crippen LogP contribution is -2.23. The van der Waals surface area contributed by atoms with E-state index in [1.807, 2.05) is 0 Å². The number of hydrogen-bond donors (Lipinski definition) is 0. The Morgan fingerprint density at radius 2 is 1.93 bits per heavy atom. The topological polar surface area (TPSA) is 77.4 Å². The van der Waals surface area contributed by atoms with E-state index in [0.717, 1.165) is 0 Å². The summed E-state index contributed by atoms with van der Waals surface area (Å²) in [4.78, 5) is 11.8. The summed E-state index contributed by atoms with van der Waals surface area (Å²) < 4.78 is 2.93. The first-order valence-electron chi connectivity index (χ1n) is 4.32. The molecule has 0 amide bonds. The van der Waals surface area contributed by atoms with Crippen molar-refractivity contribution in [3.8, 4) is 0 Å². The number of aryl methyl sites for hydroxylation is 1. The van der Waals surface area contributed by atoms with Crippen molar-refractivity contribution in [2.24, 2.45) is 0 Å². The molecule has 3 rings (SSSR count). The number of hydrogen-bond acceptors (Lipinski definition) is 5. The lowest BCUT2D eigenvalue weighted by molar-refractivity contribution is 0.755. The molecule has 0 fully saturated rings. The van der Waals surface area contributed by atoms with Gasteiger partial charge in [0, 0.05) is 0 Å².